The van der Waals surface area contributed by atoms with E-state index in [2.05, 4.69) is 63.4 Å². The monoisotopic (exact) mass is 387 g/mol. The number of carbonyl (C=O) groups is 1. The van der Waals surface area contributed by atoms with Crippen LogP contribution in [0.3, 0.4) is 0 Å². The van der Waals surface area contributed by atoms with E-state index in [0.29, 0.717) is 12.3 Å². The van der Waals surface area contributed by atoms with Crippen LogP contribution in [0, 0.1) is 5.92 Å². The predicted octanol–water partition coefficient (Wildman–Crippen LogP) is 4.40. The quantitative estimate of drug-likeness (QED) is 0.705. The minimum Gasteiger partial charge on any atom is -0.361 e. The summed E-state index contributed by atoms with van der Waals surface area (Å²) in [5.74, 6) is 0.772. The number of aromatic amines is 1. The molecule has 3 aromatic rings. The van der Waals surface area contributed by atoms with Gasteiger partial charge >= 0.3 is 0 Å². The number of fused-ring (bicyclic) bond motifs is 2. The Morgan fingerprint density at radius 3 is 2.72 bits per heavy atom. The number of hydrogen-bond acceptors (Lipinski definition) is 2. The van der Waals surface area contributed by atoms with Crippen LogP contribution >= 0.6 is 0 Å². The maximum atomic E-state index is 13.3. The molecule has 5 rings (SSSR count). The number of benzene rings is 2. The zero-order valence-corrected chi connectivity index (χ0v) is 16.9. The summed E-state index contributed by atoms with van der Waals surface area (Å²) in [6.45, 7) is 4.39. The Kier molecular flexibility index (Phi) is 5.11. The highest BCUT2D eigenvalue weighted by atomic mass is 16.2. The molecular weight excluding hydrogens is 358 g/mol. The molecule has 2 aromatic carbocycles. The van der Waals surface area contributed by atoms with Gasteiger partial charge in [0.05, 0.1) is 0 Å². The molecular formula is C25H29N3O. The normalized spacial score (nSPS) is 19.6. The summed E-state index contributed by atoms with van der Waals surface area (Å²) in [6, 6.07) is 16.8. The fourth-order valence-electron chi connectivity index (χ4n) is 5.08. The van der Waals surface area contributed by atoms with Crippen molar-refractivity contribution < 1.29 is 4.79 Å². The van der Waals surface area contributed by atoms with E-state index in [4.69, 9.17) is 0 Å². The number of hydrogen-bond donors (Lipinski definition) is 1. The van der Waals surface area contributed by atoms with Gasteiger partial charge in [-0.3, -0.25) is 4.79 Å². The minimum atomic E-state index is 0.244. The molecule has 2 aliphatic rings. The molecule has 1 unspecified atom stereocenters. The molecule has 1 fully saturated rings. The van der Waals surface area contributed by atoms with Crippen LogP contribution in [0.1, 0.15) is 30.4 Å². The molecule has 29 heavy (non-hydrogen) atoms. The number of likely N-dealkylation sites (tertiary alicyclic amines) is 1. The fraction of sp³-hybridized carbons (Fsp3) is 0.400. The Bertz CT molecular complexity index is 1000. The Morgan fingerprint density at radius 2 is 1.83 bits per heavy atom. The van der Waals surface area contributed by atoms with Gasteiger partial charge in [-0.15, -0.1) is 0 Å². The molecule has 1 aromatic heterocycles. The molecule has 4 heteroatoms. The van der Waals surface area contributed by atoms with Gasteiger partial charge in [0.1, 0.15) is 0 Å². The topological polar surface area (TPSA) is 39.3 Å². The summed E-state index contributed by atoms with van der Waals surface area (Å²) in [7, 11) is 0. The zero-order valence-electron chi connectivity index (χ0n) is 16.9. The Hall–Kier alpha value is -2.59. The van der Waals surface area contributed by atoms with E-state index in [9.17, 15) is 4.79 Å². The van der Waals surface area contributed by atoms with Crippen molar-refractivity contribution in [3.8, 4) is 0 Å². The molecule has 0 bridgehead atoms. The van der Waals surface area contributed by atoms with Crippen molar-refractivity contribution in [2.24, 2.45) is 5.92 Å². The zero-order chi connectivity index (χ0) is 19.6. The number of amides is 1. The van der Waals surface area contributed by atoms with Gasteiger partial charge in [-0.25, -0.2) is 0 Å². The van der Waals surface area contributed by atoms with Gasteiger partial charge < -0.3 is 14.8 Å². The molecule has 0 spiro atoms. The molecule has 3 heterocycles. The SMILES string of the molecule is O=C(CCc1c[nH]c2ccccc12)N1CC(CN2CCCC2)Cc2ccccc21. The van der Waals surface area contributed by atoms with Crippen LogP contribution in [-0.4, -0.2) is 42.0 Å². The first-order valence-electron chi connectivity index (χ1n) is 10.9. The van der Waals surface area contributed by atoms with E-state index < -0.39 is 0 Å². The molecule has 0 saturated carbocycles. The summed E-state index contributed by atoms with van der Waals surface area (Å²) in [4.78, 5) is 21.2. The van der Waals surface area contributed by atoms with E-state index in [1.807, 2.05) is 6.07 Å². The molecule has 0 radical (unpaired) electrons. The van der Waals surface area contributed by atoms with Crippen LogP contribution in [-0.2, 0) is 17.6 Å². The van der Waals surface area contributed by atoms with Crippen LogP contribution in [0.2, 0.25) is 0 Å². The van der Waals surface area contributed by atoms with E-state index in [-0.39, 0.29) is 5.91 Å². The number of rotatable bonds is 5. The lowest BCUT2D eigenvalue weighted by atomic mass is 9.91. The lowest BCUT2D eigenvalue weighted by Gasteiger charge is -2.36. The maximum absolute atomic E-state index is 13.3. The van der Waals surface area contributed by atoms with Crippen molar-refractivity contribution >= 4 is 22.5 Å². The van der Waals surface area contributed by atoms with Gasteiger partial charge in [0.25, 0.3) is 0 Å². The van der Waals surface area contributed by atoms with Crippen molar-refractivity contribution in [1.29, 1.82) is 0 Å². The molecule has 0 aliphatic carbocycles. The Labute approximate surface area is 172 Å². The van der Waals surface area contributed by atoms with E-state index in [1.165, 1.54) is 42.4 Å². The minimum absolute atomic E-state index is 0.244. The number of nitrogens with one attached hydrogen (secondary N) is 1. The predicted molar refractivity (Wildman–Crippen MR) is 118 cm³/mol. The summed E-state index contributed by atoms with van der Waals surface area (Å²) in [6.07, 6.45) is 7.09. The second-order valence-electron chi connectivity index (χ2n) is 8.57. The third-order valence-electron chi connectivity index (χ3n) is 6.53. The lowest BCUT2D eigenvalue weighted by Crippen LogP contribution is -2.43. The second kappa shape index (κ2) is 8.03. The third-order valence-corrected chi connectivity index (χ3v) is 6.53. The van der Waals surface area contributed by atoms with Crippen LogP contribution in [0.4, 0.5) is 5.69 Å². The smallest absolute Gasteiger partial charge is 0.227 e. The van der Waals surface area contributed by atoms with Crippen LogP contribution in [0.5, 0.6) is 0 Å². The molecule has 150 valence electrons. The first-order valence-corrected chi connectivity index (χ1v) is 10.9. The van der Waals surface area contributed by atoms with Crippen LogP contribution < -0.4 is 4.90 Å². The van der Waals surface area contributed by atoms with Gasteiger partial charge in [-0.05, 0) is 68.0 Å². The molecule has 2 aliphatic heterocycles. The Balaban J connectivity index is 1.31. The van der Waals surface area contributed by atoms with Crippen LogP contribution in [0.15, 0.2) is 54.7 Å². The maximum Gasteiger partial charge on any atom is 0.227 e. The van der Waals surface area contributed by atoms with Crippen molar-refractivity contribution in [2.75, 3.05) is 31.1 Å². The fourth-order valence-corrected chi connectivity index (χ4v) is 5.08. The first-order chi connectivity index (χ1) is 14.3. The van der Waals surface area contributed by atoms with Gasteiger partial charge in [0.2, 0.25) is 5.91 Å². The van der Waals surface area contributed by atoms with E-state index in [1.54, 1.807) is 0 Å². The highest BCUT2D eigenvalue weighted by molar-refractivity contribution is 5.95. The number of para-hydroxylation sites is 2. The number of nitrogens with zero attached hydrogens (tertiary/aromatic N) is 2. The summed E-state index contributed by atoms with van der Waals surface area (Å²) >= 11 is 0. The molecule has 1 saturated heterocycles. The van der Waals surface area contributed by atoms with Gasteiger partial charge in [0.15, 0.2) is 0 Å². The molecule has 1 N–H and O–H groups in total. The van der Waals surface area contributed by atoms with Crippen LogP contribution in [0.25, 0.3) is 10.9 Å². The van der Waals surface area contributed by atoms with Crippen molar-refractivity contribution in [1.82, 2.24) is 9.88 Å². The average molecular weight is 388 g/mol. The molecule has 4 nitrogen and oxygen atoms in total. The van der Waals surface area contributed by atoms with Crippen molar-refractivity contribution in [3.05, 3.63) is 65.9 Å². The summed E-state index contributed by atoms with van der Waals surface area (Å²) < 4.78 is 0. The lowest BCUT2D eigenvalue weighted by molar-refractivity contribution is -0.118. The third kappa shape index (κ3) is 3.82. The average Bonchev–Trinajstić information content (AvgIpc) is 3.41. The Morgan fingerprint density at radius 1 is 1.03 bits per heavy atom. The first kappa shape index (κ1) is 18.4. The highest BCUT2D eigenvalue weighted by Gasteiger charge is 2.29. The number of aromatic nitrogens is 1. The van der Waals surface area contributed by atoms with Crippen molar-refractivity contribution in [3.63, 3.8) is 0 Å². The molecule has 1 amide bonds. The molecule has 1 atom stereocenters. The van der Waals surface area contributed by atoms with E-state index >= 15 is 0 Å². The van der Waals surface area contributed by atoms with E-state index in [0.717, 1.165) is 37.1 Å². The summed E-state index contributed by atoms with van der Waals surface area (Å²) in [5, 5.41) is 1.23. The second-order valence-corrected chi connectivity index (χ2v) is 8.57. The standard InChI is InChI=1S/C25H29N3O/c29-25(12-11-21-16-26-23-9-3-2-8-22(21)23)28-18-19(17-27-13-5-6-14-27)15-20-7-1-4-10-24(20)28/h1-4,7-10,16,19,26H,5-6,11-15,17-18H2. The van der Waals surface area contributed by atoms with Gasteiger partial charge in [-0.2, -0.15) is 0 Å². The van der Waals surface area contributed by atoms with Crippen molar-refractivity contribution in [2.45, 2.75) is 32.1 Å². The number of carbonyl (C=O) groups excluding carboxylic acids is 1. The number of H-pyrrole nitrogens is 1. The van der Waals surface area contributed by atoms with Gasteiger partial charge in [0, 0.05) is 42.3 Å². The number of anilines is 1. The van der Waals surface area contributed by atoms with Gasteiger partial charge in [-0.1, -0.05) is 36.4 Å². The number of aryl methyl sites for hydroxylation is 1. The highest BCUT2D eigenvalue weighted by Crippen LogP contribution is 2.31. The summed E-state index contributed by atoms with van der Waals surface area (Å²) in [5.41, 5.74) is 4.81. The largest absolute Gasteiger partial charge is 0.361 e.